The topological polar surface area (TPSA) is 58.6 Å². The van der Waals surface area contributed by atoms with Crippen LogP contribution in [0.15, 0.2) is 0 Å². The molecule has 1 amide bonds. The number of rotatable bonds is 27. The molecule has 0 heterocycles. The van der Waals surface area contributed by atoms with Gasteiger partial charge in [0.15, 0.2) is 0 Å². The lowest BCUT2D eigenvalue weighted by Gasteiger charge is -2.16. The van der Waals surface area contributed by atoms with Gasteiger partial charge in [0.05, 0.1) is 0 Å². The molecular formula is C30H60N2O3. The SMILES string of the molecule is CCCCCCCCCCCC(=O)NCCCN(C)CCOC(=O)CCCCCCCCCCC. The molecule has 0 unspecified atom stereocenters. The van der Waals surface area contributed by atoms with E-state index in [-0.39, 0.29) is 11.9 Å². The van der Waals surface area contributed by atoms with Gasteiger partial charge in [-0.3, -0.25) is 9.59 Å². The molecule has 0 fully saturated rings. The zero-order valence-electron chi connectivity index (χ0n) is 23.8. The van der Waals surface area contributed by atoms with Crippen LogP contribution in [0.3, 0.4) is 0 Å². The largest absolute Gasteiger partial charge is 0.464 e. The Hall–Kier alpha value is -1.10. The summed E-state index contributed by atoms with van der Waals surface area (Å²) >= 11 is 0. The van der Waals surface area contributed by atoms with E-state index in [9.17, 15) is 9.59 Å². The lowest BCUT2D eigenvalue weighted by atomic mass is 10.1. The summed E-state index contributed by atoms with van der Waals surface area (Å²) in [6, 6.07) is 0. The van der Waals surface area contributed by atoms with Crippen molar-refractivity contribution in [1.82, 2.24) is 10.2 Å². The highest BCUT2D eigenvalue weighted by Gasteiger charge is 2.05. The van der Waals surface area contributed by atoms with Crippen LogP contribution in [0.4, 0.5) is 0 Å². The van der Waals surface area contributed by atoms with Gasteiger partial charge in [-0.15, -0.1) is 0 Å². The molecule has 0 atom stereocenters. The van der Waals surface area contributed by atoms with Gasteiger partial charge in [-0.1, -0.05) is 117 Å². The lowest BCUT2D eigenvalue weighted by Crippen LogP contribution is -2.30. The minimum Gasteiger partial charge on any atom is -0.464 e. The Morgan fingerprint density at radius 3 is 1.57 bits per heavy atom. The number of likely N-dealkylation sites (N-methyl/N-ethyl adjacent to an activating group) is 1. The van der Waals surface area contributed by atoms with Gasteiger partial charge in [0.25, 0.3) is 0 Å². The third-order valence-corrected chi connectivity index (χ3v) is 6.77. The number of hydrogen-bond acceptors (Lipinski definition) is 4. The highest BCUT2D eigenvalue weighted by Crippen LogP contribution is 2.11. The maximum Gasteiger partial charge on any atom is 0.305 e. The fraction of sp³-hybridized carbons (Fsp3) is 0.933. The monoisotopic (exact) mass is 496 g/mol. The molecule has 0 rings (SSSR count). The quantitative estimate of drug-likeness (QED) is 0.0930. The van der Waals surface area contributed by atoms with Crippen molar-refractivity contribution < 1.29 is 14.3 Å². The molecule has 0 aromatic heterocycles. The Morgan fingerprint density at radius 1 is 0.600 bits per heavy atom. The Kier molecular flexibility index (Phi) is 26.6. The van der Waals surface area contributed by atoms with E-state index in [4.69, 9.17) is 4.74 Å². The Bertz CT molecular complexity index is 471. The van der Waals surface area contributed by atoms with Gasteiger partial charge < -0.3 is 15.0 Å². The van der Waals surface area contributed by atoms with Crippen LogP contribution in [-0.4, -0.2) is 50.1 Å². The predicted molar refractivity (Wildman–Crippen MR) is 150 cm³/mol. The number of nitrogens with zero attached hydrogens (tertiary/aromatic N) is 1. The molecule has 0 aromatic rings. The van der Waals surface area contributed by atoms with Crippen molar-refractivity contribution in [3.8, 4) is 0 Å². The molecule has 0 aliphatic carbocycles. The molecule has 0 aromatic carbocycles. The Balaban J connectivity index is 3.40. The van der Waals surface area contributed by atoms with Crippen LogP contribution >= 0.6 is 0 Å². The van der Waals surface area contributed by atoms with Gasteiger partial charge in [0.2, 0.25) is 5.91 Å². The highest BCUT2D eigenvalue weighted by atomic mass is 16.5. The first-order valence-corrected chi connectivity index (χ1v) is 15.2. The number of carbonyl (C=O) groups is 2. The number of carbonyl (C=O) groups excluding carboxylic acids is 2. The highest BCUT2D eigenvalue weighted by molar-refractivity contribution is 5.75. The van der Waals surface area contributed by atoms with E-state index in [2.05, 4.69) is 24.1 Å². The summed E-state index contributed by atoms with van der Waals surface area (Å²) in [6.45, 7) is 7.32. The van der Waals surface area contributed by atoms with Crippen LogP contribution < -0.4 is 5.32 Å². The number of ether oxygens (including phenoxy) is 1. The second kappa shape index (κ2) is 27.5. The van der Waals surface area contributed by atoms with Crippen molar-refractivity contribution in [2.75, 3.05) is 33.3 Å². The van der Waals surface area contributed by atoms with Gasteiger partial charge in [0.1, 0.15) is 6.61 Å². The fourth-order valence-electron chi connectivity index (χ4n) is 4.34. The summed E-state index contributed by atoms with van der Waals surface area (Å²) in [6.07, 6.45) is 24.9. The minimum absolute atomic E-state index is 0.0647. The average molecular weight is 497 g/mol. The second-order valence-corrected chi connectivity index (χ2v) is 10.4. The summed E-state index contributed by atoms with van der Waals surface area (Å²) in [4.78, 5) is 26.0. The van der Waals surface area contributed by atoms with Crippen LogP contribution in [0, 0.1) is 0 Å². The van der Waals surface area contributed by atoms with Gasteiger partial charge in [-0.2, -0.15) is 0 Å². The van der Waals surface area contributed by atoms with Gasteiger partial charge in [-0.25, -0.2) is 0 Å². The molecule has 35 heavy (non-hydrogen) atoms. The standard InChI is InChI=1S/C30H60N2O3/c1-4-6-8-10-12-14-16-18-20-23-29(33)31-25-22-26-32(3)27-28-35-30(34)24-21-19-17-15-13-11-9-7-5-2/h4-28H2,1-3H3,(H,31,33). The van der Waals surface area contributed by atoms with E-state index in [0.29, 0.717) is 19.4 Å². The molecule has 208 valence electrons. The summed E-state index contributed by atoms with van der Waals surface area (Å²) in [5.74, 6) is 0.117. The average Bonchev–Trinajstić information content (AvgIpc) is 2.84. The molecule has 5 nitrogen and oxygen atoms in total. The van der Waals surface area contributed by atoms with Crippen molar-refractivity contribution in [2.24, 2.45) is 0 Å². The summed E-state index contributed by atoms with van der Waals surface area (Å²) < 4.78 is 5.38. The molecular weight excluding hydrogens is 436 g/mol. The number of amides is 1. The summed E-state index contributed by atoms with van der Waals surface area (Å²) in [5.41, 5.74) is 0. The normalized spacial score (nSPS) is 11.2. The van der Waals surface area contributed by atoms with Gasteiger partial charge in [-0.05, 0) is 32.9 Å². The zero-order valence-corrected chi connectivity index (χ0v) is 23.8. The van der Waals surface area contributed by atoms with Crippen LogP contribution in [-0.2, 0) is 14.3 Å². The molecule has 0 radical (unpaired) electrons. The van der Waals surface area contributed by atoms with E-state index < -0.39 is 0 Å². The van der Waals surface area contributed by atoms with Crippen LogP contribution in [0.25, 0.3) is 0 Å². The Morgan fingerprint density at radius 2 is 1.06 bits per heavy atom. The van der Waals surface area contributed by atoms with E-state index in [1.54, 1.807) is 0 Å². The van der Waals surface area contributed by atoms with Crippen LogP contribution in [0.2, 0.25) is 0 Å². The second-order valence-electron chi connectivity index (χ2n) is 10.4. The third-order valence-electron chi connectivity index (χ3n) is 6.77. The molecule has 1 N–H and O–H groups in total. The number of hydrogen-bond donors (Lipinski definition) is 1. The summed E-state index contributed by atoms with van der Waals surface area (Å²) in [7, 11) is 2.04. The molecule has 0 aliphatic rings. The zero-order chi connectivity index (χ0) is 25.8. The first kappa shape index (κ1) is 33.9. The molecule has 0 aliphatic heterocycles. The van der Waals surface area contributed by atoms with Crippen LogP contribution in [0.5, 0.6) is 0 Å². The van der Waals surface area contributed by atoms with Crippen LogP contribution in [0.1, 0.15) is 149 Å². The first-order valence-electron chi connectivity index (χ1n) is 15.2. The minimum atomic E-state index is -0.0647. The van der Waals surface area contributed by atoms with Crippen molar-refractivity contribution in [3.63, 3.8) is 0 Å². The predicted octanol–water partition coefficient (Wildman–Crippen LogP) is 7.81. The van der Waals surface area contributed by atoms with Gasteiger partial charge >= 0.3 is 5.97 Å². The fourth-order valence-corrected chi connectivity index (χ4v) is 4.34. The third kappa shape index (κ3) is 27.3. The van der Waals surface area contributed by atoms with E-state index in [0.717, 1.165) is 45.3 Å². The van der Waals surface area contributed by atoms with Gasteiger partial charge in [0, 0.05) is 25.9 Å². The summed E-state index contributed by atoms with van der Waals surface area (Å²) in [5, 5.41) is 3.04. The van der Waals surface area contributed by atoms with E-state index in [1.165, 1.54) is 96.3 Å². The molecule has 5 heteroatoms. The van der Waals surface area contributed by atoms with Crippen molar-refractivity contribution in [2.45, 2.75) is 149 Å². The number of esters is 1. The van der Waals surface area contributed by atoms with Crippen molar-refractivity contribution >= 4 is 11.9 Å². The maximum atomic E-state index is 12.0. The van der Waals surface area contributed by atoms with E-state index in [1.807, 2.05) is 7.05 Å². The molecule has 0 saturated heterocycles. The number of unbranched alkanes of at least 4 members (excludes halogenated alkanes) is 16. The Labute approximate surface area is 218 Å². The maximum absolute atomic E-state index is 12.0. The molecule has 0 saturated carbocycles. The first-order chi connectivity index (χ1) is 17.1. The lowest BCUT2D eigenvalue weighted by molar-refractivity contribution is -0.144. The smallest absolute Gasteiger partial charge is 0.305 e. The number of nitrogens with one attached hydrogen (secondary N) is 1. The van der Waals surface area contributed by atoms with Crippen molar-refractivity contribution in [1.29, 1.82) is 0 Å². The van der Waals surface area contributed by atoms with E-state index >= 15 is 0 Å². The molecule has 0 spiro atoms. The molecule has 0 bridgehead atoms. The van der Waals surface area contributed by atoms with Crippen molar-refractivity contribution in [3.05, 3.63) is 0 Å².